The van der Waals surface area contributed by atoms with Gasteiger partial charge in [-0.3, -0.25) is 33.6 Å². The normalized spacial score (nSPS) is 19.8. The molecule has 2 aromatic heterocycles. The molecular formula is C48H58N8O9. The number of amides is 5. The maximum atomic E-state index is 13.1. The van der Waals surface area contributed by atoms with Crippen LogP contribution in [0.5, 0.6) is 11.5 Å². The number of carbonyl (C=O) groups is 7. The number of nitrogens with two attached hydrogens (primary N) is 1. The number of hydrogen-bond donors (Lipinski definition) is 7. The third kappa shape index (κ3) is 11.9. The number of carbonyl (C=O) groups excluding carboxylic acids is 7. The number of nitrogens with zero attached hydrogens (tertiary/aromatic N) is 1. The Morgan fingerprint density at radius 1 is 0.662 bits per heavy atom. The van der Waals surface area contributed by atoms with E-state index in [1.807, 2.05) is 30.3 Å². The number of aromatic nitrogens is 2. The molecule has 17 heteroatoms. The van der Waals surface area contributed by atoms with E-state index < -0.39 is 41.9 Å². The van der Waals surface area contributed by atoms with Gasteiger partial charge in [0.15, 0.2) is 0 Å². The first-order valence-electron chi connectivity index (χ1n) is 22.6. The van der Waals surface area contributed by atoms with Crippen LogP contribution < -0.4 is 36.5 Å². The lowest BCUT2D eigenvalue weighted by molar-refractivity contribution is -0.129. The van der Waals surface area contributed by atoms with Gasteiger partial charge in [0.2, 0.25) is 17.7 Å². The van der Waals surface area contributed by atoms with Gasteiger partial charge in [-0.1, -0.05) is 37.8 Å². The molecule has 4 aliphatic carbocycles. The van der Waals surface area contributed by atoms with E-state index in [4.69, 9.17) is 15.2 Å². The van der Waals surface area contributed by atoms with Crippen molar-refractivity contribution < 1.29 is 43.0 Å². The molecule has 4 aromatic rings. The van der Waals surface area contributed by atoms with Gasteiger partial charge in [-0.2, -0.15) is 5.26 Å². The van der Waals surface area contributed by atoms with Gasteiger partial charge >= 0.3 is 0 Å². The molecule has 0 spiro atoms. The van der Waals surface area contributed by atoms with E-state index in [9.17, 15) is 38.8 Å². The van der Waals surface area contributed by atoms with Crippen LogP contribution in [0.2, 0.25) is 0 Å². The van der Waals surface area contributed by atoms with Crippen LogP contribution in [0, 0.1) is 35.0 Å². The predicted molar refractivity (Wildman–Crippen MR) is 239 cm³/mol. The molecule has 344 valence electrons. The smallest absolute Gasteiger partial charge is 0.268 e. The summed E-state index contributed by atoms with van der Waals surface area (Å²) in [7, 11) is 3.13. The number of fused-ring (bicyclic) bond motifs is 2. The molecule has 0 unspecified atom stereocenters. The number of methoxy groups -OCH3 is 2. The average Bonchev–Trinajstić information content (AvgIpc) is 4.08. The van der Waals surface area contributed by atoms with Crippen molar-refractivity contribution in [3.8, 4) is 17.6 Å². The topological polar surface area (TPSA) is 267 Å². The maximum Gasteiger partial charge on any atom is 0.268 e. The van der Waals surface area contributed by atoms with E-state index in [1.165, 1.54) is 0 Å². The first-order chi connectivity index (χ1) is 31.3. The molecule has 0 radical (unpaired) electrons. The fourth-order valence-corrected chi connectivity index (χ4v) is 8.94. The first kappa shape index (κ1) is 46.3. The first-order valence-corrected chi connectivity index (χ1v) is 22.6. The van der Waals surface area contributed by atoms with Gasteiger partial charge in [-0.15, -0.1) is 0 Å². The van der Waals surface area contributed by atoms with Gasteiger partial charge in [-0.25, -0.2) is 0 Å². The fraction of sp³-hybridized carbons (Fsp3) is 0.500. The molecule has 2 heterocycles. The highest BCUT2D eigenvalue weighted by Crippen LogP contribution is 2.35. The molecule has 8 rings (SSSR count). The molecule has 17 nitrogen and oxygen atoms in total. The van der Waals surface area contributed by atoms with Crippen LogP contribution in [-0.2, 0) is 24.0 Å². The number of H-pyrrole nitrogens is 2. The molecule has 0 bridgehead atoms. The lowest BCUT2D eigenvalue weighted by Crippen LogP contribution is -2.53. The maximum absolute atomic E-state index is 13.1. The second kappa shape index (κ2) is 20.9. The fourth-order valence-electron chi connectivity index (χ4n) is 8.94. The quantitative estimate of drug-likeness (QED) is 0.0685. The lowest BCUT2D eigenvalue weighted by atomic mass is 9.96. The predicted octanol–water partition coefficient (Wildman–Crippen LogP) is 4.65. The average molecular weight is 891 g/mol. The minimum Gasteiger partial charge on any atom is -0.496 e. The summed E-state index contributed by atoms with van der Waals surface area (Å²) in [5, 5.41) is 22.1. The molecule has 2 aromatic carbocycles. The van der Waals surface area contributed by atoms with Gasteiger partial charge in [-0.05, 0) is 99.6 Å². The highest BCUT2D eigenvalue weighted by molar-refractivity contribution is 6.03. The van der Waals surface area contributed by atoms with E-state index in [-0.39, 0.29) is 41.6 Å². The number of primary amides is 1. The summed E-state index contributed by atoms with van der Waals surface area (Å²) in [6.07, 6.45) is 9.73. The number of ether oxygens (including phenoxy) is 2. The minimum absolute atomic E-state index is 0.104. The second-order valence-corrected chi connectivity index (χ2v) is 17.9. The standard InChI is InChI=1S/C24H30N4O5.C24H28N4O4/c1-33-21-7-3-5-16-15(21)12-19(26-16)24(32)28-18(10-13-8-9-13)23(31)27-17(22(25)30)11-14-4-2-6-20(14)29;1-32-22-7-3-5-18-17(22)12-20(27-18)24(31)28-19(10-14-8-9-14)23(30)26-16(13-25)11-15-4-2-6-21(15)29/h3,5,7,12-14,17-18,26H,2,4,6,8-11H2,1H3,(H2,25,30)(H,27,31)(H,28,32);3,5,7,12,14-16,19,27H,2,4,6,8-11H2,1H3,(H,26,30)(H,28,31)/t14-,17-,18-;15-,16-,19-/m00/s1. The van der Waals surface area contributed by atoms with E-state index in [1.54, 1.807) is 32.4 Å². The highest BCUT2D eigenvalue weighted by atomic mass is 16.5. The van der Waals surface area contributed by atoms with Crippen molar-refractivity contribution in [3.63, 3.8) is 0 Å². The van der Waals surface area contributed by atoms with Gasteiger partial charge in [0.05, 0.1) is 20.3 Å². The summed E-state index contributed by atoms with van der Waals surface area (Å²) in [4.78, 5) is 94.0. The molecule has 6 atom stereocenters. The van der Waals surface area contributed by atoms with Crippen molar-refractivity contribution in [3.05, 3.63) is 59.9 Å². The number of aromatic amines is 2. The molecule has 0 saturated heterocycles. The molecule has 4 saturated carbocycles. The van der Waals surface area contributed by atoms with E-state index in [0.717, 1.165) is 66.8 Å². The number of hydrogen-bond acceptors (Lipinski definition) is 10. The van der Waals surface area contributed by atoms with Crippen LogP contribution in [0.1, 0.15) is 111 Å². The third-order valence-electron chi connectivity index (χ3n) is 13.0. The van der Waals surface area contributed by atoms with E-state index in [2.05, 4.69) is 37.3 Å². The Kier molecular flexibility index (Phi) is 14.9. The SMILES string of the molecule is COc1cccc2[nH]c(C(=O)N[C@@H](CC3CC3)C(=O)N[C@@H](C[C@@H]3CCCC3=O)C(N)=O)cc12.COc1cccc2[nH]c(C(=O)N[C@@H](CC3CC3)C(=O)N[C@H](C#N)C[C@@H]3CCCC3=O)cc12. The molecule has 5 amide bonds. The zero-order chi connectivity index (χ0) is 46.2. The molecule has 65 heavy (non-hydrogen) atoms. The number of nitriles is 1. The number of ketones is 2. The number of benzene rings is 2. The van der Waals surface area contributed by atoms with Gasteiger partial charge in [0, 0.05) is 46.5 Å². The van der Waals surface area contributed by atoms with Crippen molar-refractivity contribution in [1.29, 1.82) is 5.26 Å². The molecule has 8 N–H and O–H groups in total. The van der Waals surface area contributed by atoms with Crippen molar-refractivity contribution in [2.24, 2.45) is 29.4 Å². The molecule has 4 aliphatic rings. The van der Waals surface area contributed by atoms with Crippen LogP contribution in [0.15, 0.2) is 48.5 Å². The van der Waals surface area contributed by atoms with Gasteiger partial charge in [0.1, 0.15) is 58.6 Å². The van der Waals surface area contributed by atoms with Crippen LogP contribution >= 0.6 is 0 Å². The zero-order valence-corrected chi connectivity index (χ0v) is 36.8. The Morgan fingerprint density at radius 3 is 1.52 bits per heavy atom. The summed E-state index contributed by atoms with van der Waals surface area (Å²) in [5.74, 6) is -0.444. The Balaban J connectivity index is 0.000000194. The lowest BCUT2D eigenvalue weighted by Gasteiger charge is -2.23. The summed E-state index contributed by atoms with van der Waals surface area (Å²) in [6.45, 7) is 0. The van der Waals surface area contributed by atoms with Crippen molar-refractivity contribution in [2.75, 3.05) is 14.2 Å². The largest absolute Gasteiger partial charge is 0.496 e. The zero-order valence-electron chi connectivity index (χ0n) is 36.8. The monoisotopic (exact) mass is 890 g/mol. The summed E-state index contributed by atoms with van der Waals surface area (Å²) >= 11 is 0. The van der Waals surface area contributed by atoms with Crippen LogP contribution in [0.25, 0.3) is 21.8 Å². The molecule has 4 fully saturated rings. The van der Waals surface area contributed by atoms with E-state index >= 15 is 0 Å². The van der Waals surface area contributed by atoms with Crippen LogP contribution in [-0.4, -0.2) is 89.5 Å². The molecule has 0 aliphatic heterocycles. The summed E-state index contributed by atoms with van der Waals surface area (Å²) in [6, 6.07) is 13.2. The number of Topliss-reactive ketones (excluding diaryl/α,β-unsaturated/α-hetero) is 2. The summed E-state index contributed by atoms with van der Waals surface area (Å²) in [5.41, 5.74) is 7.68. The second-order valence-electron chi connectivity index (χ2n) is 17.9. The van der Waals surface area contributed by atoms with Gasteiger partial charge < -0.3 is 46.4 Å². The van der Waals surface area contributed by atoms with Crippen molar-refractivity contribution in [1.82, 2.24) is 31.2 Å². The minimum atomic E-state index is -0.944. The van der Waals surface area contributed by atoms with Crippen molar-refractivity contribution in [2.45, 2.75) is 114 Å². The van der Waals surface area contributed by atoms with E-state index in [0.29, 0.717) is 73.2 Å². The number of nitrogens with one attached hydrogen (secondary N) is 6. The molecular weight excluding hydrogens is 833 g/mol. The van der Waals surface area contributed by atoms with Crippen LogP contribution in [0.4, 0.5) is 0 Å². The Bertz CT molecular complexity index is 2480. The number of rotatable bonds is 19. The van der Waals surface area contributed by atoms with Crippen LogP contribution in [0.3, 0.4) is 0 Å². The Morgan fingerprint density at radius 2 is 1.12 bits per heavy atom. The Labute approximate surface area is 376 Å². The Hall–Kier alpha value is -6.70. The highest BCUT2D eigenvalue weighted by Gasteiger charge is 2.36. The summed E-state index contributed by atoms with van der Waals surface area (Å²) < 4.78 is 10.7. The van der Waals surface area contributed by atoms with Crippen molar-refractivity contribution >= 4 is 62.9 Å². The van der Waals surface area contributed by atoms with Gasteiger partial charge in [0.25, 0.3) is 11.8 Å². The third-order valence-corrected chi connectivity index (χ3v) is 13.0.